The number of methoxy groups -OCH3 is 1. The first-order valence-corrected chi connectivity index (χ1v) is 11.0. The van der Waals surface area contributed by atoms with Crippen molar-refractivity contribution in [2.24, 2.45) is 16.6 Å². The van der Waals surface area contributed by atoms with Crippen molar-refractivity contribution in [3.63, 3.8) is 0 Å². The standard InChI is InChI=1S/C24H32FN5O2.HI/c1-3-27-24(28-17-19(23(26)31)15-18-7-9-20(25)10-8-18)30-13-11-29(12-14-30)21-5-4-6-22(16-21)32-2;/h4-10,16,19H,3,11-15,17H2,1-2H3,(H2,26,31)(H,27,28);1H. The highest BCUT2D eigenvalue weighted by molar-refractivity contribution is 14.0. The van der Waals surface area contributed by atoms with E-state index >= 15 is 0 Å². The molecule has 0 bridgehead atoms. The van der Waals surface area contributed by atoms with E-state index in [-0.39, 0.29) is 36.3 Å². The number of nitrogens with one attached hydrogen (secondary N) is 1. The number of ether oxygens (including phenoxy) is 1. The second kappa shape index (κ2) is 13.2. The van der Waals surface area contributed by atoms with Gasteiger partial charge in [-0.1, -0.05) is 18.2 Å². The highest BCUT2D eigenvalue weighted by atomic mass is 127. The number of rotatable bonds is 8. The fourth-order valence-corrected chi connectivity index (χ4v) is 3.77. The van der Waals surface area contributed by atoms with Crippen LogP contribution in [0.5, 0.6) is 5.75 Å². The number of halogens is 2. The molecule has 0 saturated carbocycles. The molecule has 0 aromatic heterocycles. The van der Waals surface area contributed by atoms with Gasteiger partial charge in [-0.25, -0.2) is 4.39 Å². The fraction of sp³-hybridized carbons (Fsp3) is 0.417. The predicted molar refractivity (Wildman–Crippen MR) is 141 cm³/mol. The van der Waals surface area contributed by atoms with Crippen LogP contribution >= 0.6 is 24.0 Å². The third-order valence-electron chi connectivity index (χ3n) is 5.59. The van der Waals surface area contributed by atoms with Gasteiger partial charge in [0.15, 0.2) is 5.96 Å². The van der Waals surface area contributed by atoms with Crippen molar-refractivity contribution in [1.29, 1.82) is 0 Å². The van der Waals surface area contributed by atoms with E-state index in [4.69, 9.17) is 15.5 Å². The molecule has 1 heterocycles. The molecule has 9 heteroatoms. The Morgan fingerprint density at radius 3 is 2.48 bits per heavy atom. The van der Waals surface area contributed by atoms with Crippen LogP contribution in [-0.4, -0.2) is 63.1 Å². The van der Waals surface area contributed by atoms with Crippen LogP contribution < -0.4 is 20.7 Å². The summed E-state index contributed by atoms with van der Waals surface area (Å²) in [4.78, 5) is 21.2. The minimum absolute atomic E-state index is 0. The Kier molecular flexibility index (Phi) is 10.7. The number of anilines is 1. The van der Waals surface area contributed by atoms with E-state index in [0.717, 1.165) is 55.7 Å². The molecule has 1 atom stereocenters. The average molecular weight is 569 g/mol. The van der Waals surface area contributed by atoms with Crippen molar-refractivity contribution in [3.8, 4) is 5.75 Å². The molecule has 3 rings (SSSR count). The molecule has 1 saturated heterocycles. The molecule has 2 aromatic rings. The largest absolute Gasteiger partial charge is 0.497 e. The van der Waals surface area contributed by atoms with E-state index in [1.807, 2.05) is 25.1 Å². The van der Waals surface area contributed by atoms with Gasteiger partial charge in [0.2, 0.25) is 5.91 Å². The SMILES string of the molecule is CCNC(=NCC(Cc1ccc(F)cc1)C(N)=O)N1CCN(c2cccc(OC)c2)CC1.I. The van der Waals surface area contributed by atoms with E-state index < -0.39 is 11.8 Å². The second-order valence-electron chi connectivity index (χ2n) is 7.80. The molecule has 2 aromatic carbocycles. The Hall–Kier alpha value is -2.56. The maximum Gasteiger partial charge on any atom is 0.222 e. The van der Waals surface area contributed by atoms with Crippen molar-refractivity contribution in [2.45, 2.75) is 13.3 Å². The van der Waals surface area contributed by atoms with Gasteiger partial charge >= 0.3 is 0 Å². The van der Waals surface area contributed by atoms with Gasteiger partial charge in [-0.05, 0) is 43.2 Å². The maximum atomic E-state index is 13.2. The summed E-state index contributed by atoms with van der Waals surface area (Å²) in [6, 6.07) is 14.2. The number of carbonyl (C=O) groups excluding carboxylic acids is 1. The number of benzene rings is 2. The molecule has 1 amide bonds. The zero-order valence-corrected chi connectivity index (χ0v) is 21.5. The van der Waals surface area contributed by atoms with E-state index in [1.165, 1.54) is 12.1 Å². The van der Waals surface area contributed by atoms with Gasteiger partial charge in [0.05, 0.1) is 19.6 Å². The average Bonchev–Trinajstić information content (AvgIpc) is 2.82. The first-order chi connectivity index (χ1) is 15.5. The summed E-state index contributed by atoms with van der Waals surface area (Å²) < 4.78 is 18.5. The Bertz CT molecular complexity index is 917. The van der Waals surface area contributed by atoms with Gasteiger partial charge in [0, 0.05) is 44.5 Å². The van der Waals surface area contributed by atoms with E-state index in [9.17, 15) is 9.18 Å². The lowest BCUT2D eigenvalue weighted by Crippen LogP contribution is -2.52. The van der Waals surface area contributed by atoms with Gasteiger partial charge in [0.1, 0.15) is 11.6 Å². The van der Waals surface area contributed by atoms with E-state index in [2.05, 4.69) is 21.2 Å². The number of piperazine rings is 1. The number of amides is 1. The molecular weight excluding hydrogens is 536 g/mol. The molecule has 3 N–H and O–H groups in total. The summed E-state index contributed by atoms with van der Waals surface area (Å²) in [5.41, 5.74) is 7.63. The molecule has 180 valence electrons. The minimum atomic E-state index is -0.452. The minimum Gasteiger partial charge on any atom is -0.497 e. The third-order valence-corrected chi connectivity index (χ3v) is 5.59. The lowest BCUT2D eigenvalue weighted by Gasteiger charge is -2.38. The second-order valence-corrected chi connectivity index (χ2v) is 7.80. The summed E-state index contributed by atoms with van der Waals surface area (Å²) in [7, 11) is 1.67. The highest BCUT2D eigenvalue weighted by Crippen LogP contribution is 2.22. The molecule has 1 aliphatic rings. The number of guanidine groups is 1. The monoisotopic (exact) mass is 569 g/mol. The van der Waals surface area contributed by atoms with Crippen molar-refractivity contribution in [3.05, 3.63) is 59.9 Å². The number of aliphatic imine (C=N–C) groups is 1. The molecule has 33 heavy (non-hydrogen) atoms. The summed E-state index contributed by atoms with van der Waals surface area (Å²) in [6.45, 7) is 6.36. The smallest absolute Gasteiger partial charge is 0.222 e. The topological polar surface area (TPSA) is 83.2 Å². The molecule has 1 aliphatic heterocycles. The van der Waals surface area contributed by atoms with Gasteiger partial charge < -0.3 is 25.6 Å². The van der Waals surface area contributed by atoms with Gasteiger partial charge in [0.25, 0.3) is 0 Å². The Labute approximate surface area is 212 Å². The summed E-state index contributed by atoms with van der Waals surface area (Å²) >= 11 is 0. The van der Waals surface area contributed by atoms with Crippen LogP contribution in [0.3, 0.4) is 0 Å². The Balaban J connectivity index is 0.00000385. The molecule has 7 nitrogen and oxygen atoms in total. The van der Waals surface area contributed by atoms with Crippen LogP contribution in [0.25, 0.3) is 0 Å². The van der Waals surface area contributed by atoms with Crippen LogP contribution in [0.2, 0.25) is 0 Å². The van der Waals surface area contributed by atoms with Crippen molar-refractivity contribution in [2.75, 3.05) is 51.3 Å². The number of carbonyl (C=O) groups is 1. The molecule has 1 unspecified atom stereocenters. The van der Waals surface area contributed by atoms with Crippen LogP contribution in [0.4, 0.5) is 10.1 Å². The lowest BCUT2D eigenvalue weighted by atomic mass is 9.99. The van der Waals surface area contributed by atoms with Crippen LogP contribution in [0.1, 0.15) is 12.5 Å². The number of nitrogens with zero attached hydrogens (tertiary/aromatic N) is 3. The molecule has 0 spiro atoms. The van der Waals surface area contributed by atoms with Gasteiger partial charge in [-0.2, -0.15) is 0 Å². The fourth-order valence-electron chi connectivity index (χ4n) is 3.77. The number of hydrogen-bond donors (Lipinski definition) is 2. The summed E-state index contributed by atoms with van der Waals surface area (Å²) in [5.74, 6) is 0.468. The van der Waals surface area contributed by atoms with Crippen molar-refractivity contribution >= 4 is 41.5 Å². The van der Waals surface area contributed by atoms with Crippen molar-refractivity contribution in [1.82, 2.24) is 10.2 Å². The number of primary amides is 1. The van der Waals surface area contributed by atoms with Gasteiger partial charge in [-0.15, -0.1) is 24.0 Å². The van der Waals surface area contributed by atoms with E-state index in [0.29, 0.717) is 6.42 Å². The molecule has 1 fully saturated rings. The highest BCUT2D eigenvalue weighted by Gasteiger charge is 2.22. The maximum absolute atomic E-state index is 13.2. The Morgan fingerprint density at radius 2 is 1.88 bits per heavy atom. The summed E-state index contributed by atoms with van der Waals surface area (Å²) in [6.07, 6.45) is 0.433. The first kappa shape index (κ1) is 26.7. The van der Waals surface area contributed by atoms with Crippen LogP contribution in [0, 0.1) is 11.7 Å². The van der Waals surface area contributed by atoms with Crippen LogP contribution in [-0.2, 0) is 11.2 Å². The zero-order chi connectivity index (χ0) is 22.9. The van der Waals surface area contributed by atoms with Gasteiger partial charge in [-0.3, -0.25) is 9.79 Å². The molecule has 0 radical (unpaired) electrons. The molecular formula is C24H33FIN5O2. The summed E-state index contributed by atoms with van der Waals surface area (Å²) in [5, 5.41) is 3.33. The number of hydrogen-bond acceptors (Lipinski definition) is 4. The first-order valence-electron chi connectivity index (χ1n) is 11.0. The predicted octanol–water partition coefficient (Wildman–Crippen LogP) is 2.88. The quantitative estimate of drug-likeness (QED) is 0.291. The number of nitrogens with two attached hydrogens (primary N) is 1. The lowest BCUT2D eigenvalue weighted by molar-refractivity contribution is -0.121. The third kappa shape index (κ3) is 7.76. The normalized spacial score (nSPS) is 14.9. The van der Waals surface area contributed by atoms with Crippen LogP contribution in [0.15, 0.2) is 53.5 Å². The molecule has 0 aliphatic carbocycles. The Morgan fingerprint density at radius 1 is 1.18 bits per heavy atom. The van der Waals surface area contributed by atoms with Crippen molar-refractivity contribution < 1.29 is 13.9 Å². The van der Waals surface area contributed by atoms with E-state index in [1.54, 1.807) is 19.2 Å². The zero-order valence-electron chi connectivity index (χ0n) is 19.2.